The van der Waals surface area contributed by atoms with Gasteiger partial charge in [0, 0.05) is 23.5 Å². The summed E-state index contributed by atoms with van der Waals surface area (Å²) in [5.74, 6) is 0.953. The van der Waals surface area contributed by atoms with Crippen LogP contribution in [0.2, 0.25) is 0 Å². The van der Waals surface area contributed by atoms with E-state index in [1.54, 1.807) is 0 Å². The molecule has 2 atom stereocenters. The lowest BCUT2D eigenvalue weighted by Gasteiger charge is -2.35. The van der Waals surface area contributed by atoms with Crippen LogP contribution in [0.4, 0.5) is 5.69 Å². The molecule has 0 bridgehead atoms. The van der Waals surface area contributed by atoms with Gasteiger partial charge in [0.1, 0.15) is 0 Å². The Balaban J connectivity index is 1.55. The molecule has 1 N–H and O–H groups in total. The Morgan fingerprint density at radius 1 is 1.11 bits per heavy atom. The second kappa shape index (κ2) is 7.84. The molecule has 2 aromatic rings. The van der Waals surface area contributed by atoms with Crippen molar-refractivity contribution in [2.45, 2.75) is 25.2 Å². The summed E-state index contributed by atoms with van der Waals surface area (Å²) in [4.78, 5) is 29.0. The number of benzene rings is 2. The van der Waals surface area contributed by atoms with E-state index < -0.39 is 0 Å². The van der Waals surface area contributed by atoms with Crippen LogP contribution in [0.15, 0.2) is 58.3 Å². The van der Waals surface area contributed by atoms with Crippen molar-refractivity contribution in [3.8, 4) is 0 Å². The van der Waals surface area contributed by atoms with Gasteiger partial charge in [-0.1, -0.05) is 55.9 Å². The van der Waals surface area contributed by atoms with Gasteiger partial charge in [0.05, 0.1) is 10.6 Å². The third-order valence-corrected chi connectivity index (χ3v) is 6.27. The normalized spacial score (nSPS) is 23.3. The number of carbonyl (C=O) groups excluding carboxylic acids is 2. The van der Waals surface area contributed by atoms with E-state index in [-0.39, 0.29) is 11.8 Å². The molecule has 0 aliphatic carbocycles. The van der Waals surface area contributed by atoms with Crippen molar-refractivity contribution in [2.24, 2.45) is 11.8 Å². The summed E-state index contributed by atoms with van der Waals surface area (Å²) in [5, 5.41) is 2.95. The molecule has 2 amide bonds. The van der Waals surface area contributed by atoms with E-state index in [9.17, 15) is 9.59 Å². The zero-order valence-corrected chi connectivity index (χ0v) is 17.0. The molecule has 0 spiro atoms. The van der Waals surface area contributed by atoms with Crippen LogP contribution >= 0.6 is 11.8 Å². The number of rotatable bonds is 2. The molecule has 1 saturated heterocycles. The Kier molecular flexibility index (Phi) is 5.27. The molecule has 0 aromatic heterocycles. The summed E-state index contributed by atoms with van der Waals surface area (Å²) in [6.45, 7) is 5.98. The summed E-state index contributed by atoms with van der Waals surface area (Å²) in [6, 6.07) is 15.4. The first-order valence-corrected chi connectivity index (χ1v) is 10.5. The van der Waals surface area contributed by atoms with E-state index in [1.807, 2.05) is 59.5 Å². The van der Waals surface area contributed by atoms with Gasteiger partial charge < -0.3 is 10.2 Å². The number of carbonyl (C=O) groups is 2. The first-order valence-electron chi connectivity index (χ1n) is 9.69. The van der Waals surface area contributed by atoms with Crippen molar-refractivity contribution in [3.63, 3.8) is 0 Å². The number of nitrogens with one attached hydrogen (secondary N) is 1. The fraction of sp³-hybridized carbons (Fsp3) is 0.304. The zero-order valence-electron chi connectivity index (χ0n) is 16.1. The average molecular weight is 393 g/mol. The number of amides is 2. The first kappa shape index (κ1) is 18.8. The quantitative estimate of drug-likeness (QED) is 0.740. The van der Waals surface area contributed by atoms with Crippen molar-refractivity contribution >= 4 is 35.3 Å². The third kappa shape index (κ3) is 3.99. The van der Waals surface area contributed by atoms with Crippen LogP contribution < -0.4 is 5.32 Å². The summed E-state index contributed by atoms with van der Waals surface area (Å²) in [5.41, 5.74) is 2.34. The number of thioether (sulfide) groups is 1. The van der Waals surface area contributed by atoms with Gasteiger partial charge in [-0.05, 0) is 48.1 Å². The maximum atomic E-state index is 13.0. The maximum Gasteiger partial charge on any atom is 0.262 e. The molecular weight excluding hydrogens is 368 g/mol. The molecule has 0 saturated carbocycles. The Hall–Kier alpha value is -2.53. The van der Waals surface area contributed by atoms with Gasteiger partial charge in [0.2, 0.25) is 0 Å². The Morgan fingerprint density at radius 3 is 2.54 bits per heavy atom. The highest BCUT2D eigenvalue weighted by molar-refractivity contribution is 8.04. The monoisotopic (exact) mass is 392 g/mol. The zero-order chi connectivity index (χ0) is 19.7. The first-order chi connectivity index (χ1) is 13.5. The predicted molar refractivity (Wildman–Crippen MR) is 114 cm³/mol. The average Bonchev–Trinajstić information content (AvgIpc) is 2.68. The van der Waals surface area contributed by atoms with E-state index in [4.69, 9.17) is 0 Å². The number of fused-ring (bicyclic) bond motifs is 1. The molecule has 2 heterocycles. The van der Waals surface area contributed by atoms with E-state index >= 15 is 0 Å². The van der Waals surface area contributed by atoms with Gasteiger partial charge in [0.15, 0.2) is 0 Å². The number of hydrogen-bond acceptors (Lipinski definition) is 3. The van der Waals surface area contributed by atoms with Crippen LogP contribution in [0, 0.1) is 11.8 Å². The molecule has 1 fully saturated rings. The third-order valence-electron chi connectivity index (χ3n) is 5.17. The molecule has 28 heavy (non-hydrogen) atoms. The van der Waals surface area contributed by atoms with Gasteiger partial charge in [-0.15, -0.1) is 0 Å². The van der Waals surface area contributed by atoms with Crippen molar-refractivity contribution < 1.29 is 9.59 Å². The van der Waals surface area contributed by atoms with E-state index in [1.165, 1.54) is 11.8 Å². The number of likely N-dealkylation sites (tertiary alicyclic amines) is 1. The number of nitrogens with zero attached hydrogens (tertiary/aromatic N) is 1. The molecule has 2 aliphatic heterocycles. The molecule has 2 aromatic carbocycles. The molecule has 5 heteroatoms. The summed E-state index contributed by atoms with van der Waals surface area (Å²) >= 11 is 1.44. The van der Waals surface area contributed by atoms with Crippen molar-refractivity contribution in [1.29, 1.82) is 0 Å². The Morgan fingerprint density at radius 2 is 1.82 bits per heavy atom. The molecule has 144 valence electrons. The smallest absolute Gasteiger partial charge is 0.262 e. The van der Waals surface area contributed by atoms with Crippen molar-refractivity contribution in [3.05, 3.63) is 64.6 Å². The highest BCUT2D eigenvalue weighted by Crippen LogP contribution is 2.39. The minimum Gasteiger partial charge on any atom is -0.338 e. The summed E-state index contributed by atoms with van der Waals surface area (Å²) in [7, 11) is 0. The SMILES string of the molecule is CC1CC(C)CN(C(=O)c2ccc3c(c2)NC(=O)/C(=C/c2ccccc2)S3)C1. The number of piperidine rings is 1. The predicted octanol–water partition coefficient (Wildman–Crippen LogP) is 4.89. The van der Waals surface area contributed by atoms with Gasteiger partial charge >= 0.3 is 0 Å². The fourth-order valence-electron chi connectivity index (χ4n) is 4.01. The molecule has 4 rings (SSSR count). The Labute approximate surface area is 170 Å². The second-order valence-electron chi connectivity index (χ2n) is 7.84. The fourth-order valence-corrected chi connectivity index (χ4v) is 4.94. The van der Waals surface area contributed by atoms with Crippen LogP contribution in [0.1, 0.15) is 36.2 Å². The topological polar surface area (TPSA) is 49.4 Å². The lowest BCUT2D eigenvalue weighted by molar-refractivity contribution is -0.112. The van der Waals surface area contributed by atoms with E-state index in [0.717, 1.165) is 30.0 Å². The molecule has 2 unspecified atom stereocenters. The van der Waals surface area contributed by atoms with E-state index in [2.05, 4.69) is 19.2 Å². The highest BCUT2D eigenvalue weighted by Gasteiger charge is 2.28. The van der Waals surface area contributed by atoms with Crippen molar-refractivity contribution in [1.82, 2.24) is 4.90 Å². The van der Waals surface area contributed by atoms with Crippen LogP contribution in [0.5, 0.6) is 0 Å². The minimum absolute atomic E-state index is 0.0473. The van der Waals surface area contributed by atoms with Crippen LogP contribution in [-0.4, -0.2) is 29.8 Å². The van der Waals surface area contributed by atoms with Crippen LogP contribution in [0.25, 0.3) is 6.08 Å². The summed E-state index contributed by atoms with van der Waals surface area (Å²) < 4.78 is 0. The van der Waals surface area contributed by atoms with Gasteiger partial charge in [0.25, 0.3) is 11.8 Å². The van der Waals surface area contributed by atoms with Crippen LogP contribution in [-0.2, 0) is 4.79 Å². The van der Waals surface area contributed by atoms with Crippen LogP contribution in [0.3, 0.4) is 0 Å². The second-order valence-corrected chi connectivity index (χ2v) is 8.93. The molecule has 4 nitrogen and oxygen atoms in total. The maximum absolute atomic E-state index is 13.0. The lowest BCUT2D eigenvalue weighted by atomic mass is 9.91. The van der Waals surface area contributed by atoms with Gasteiger partial charge in [-0.25, -0.2) is 0 Å². The number of hydrogen-bond donors (Lipinski definition) is 1. The lowest BCUT2D eigenvalue weighted by Crippen LogP contribution is -2.42. The minimum atomic E-state index is -0.133. The Bertz CT molecular complexity index is 929. The highest BCUT2D eigenvalue weighted by atomic mass is 32.2. The summed E-state index contributed by atoms with van der Waals surface area (Å²) in [6.07, 6.45) is 3.05. The number of anilines is 1. The largest absolute Gasteiger partial charge is 0.338 e. The van der Waals surface area contributed by atoms with E-state index in [0.29, 0.717) is 28.0 Å². The molecule has 2 aliphatic rings. The van der Waals surface area contributed by atoms with Gasteiger partial charge in [-0.2, -0.15) is 0 Å². The standard InChI is InChI=1S/C23H24N2O2S/c1-15-10-16(2)14-25(13-15)23(27)18-8-9-20-19(12-18)24-22(26)21(28-20)11-17-6-4-3-5-7-17/h3-9,11-12,15-16H,10,13-14H2,1-2H3,(H,24,26)/b21-11-. The molecule has 0 radical (unpaired) electrons. The van der Waals surface area contributed by atoms with Crippen molar-refractivity contribution in [2.75, 3.05) is 18.4 Å². The molecular formula is C23H24N2O2S. The van der Waals surface area contributed by atoms with Gasteiger partial charge in [-0.3, -0.25) is 9.59 Å².